The van der Waals surface area contributed by atoms with Crippen molar-refractivity contribution in [1.82, 2.24) is 15.5 Å². The number of amides is 1. The molecular formula is C19H28N4OS2. The van der Waals surface area contributed by atoms with E-state index in [0.717, 1.165) is 19.5 Å². The standard InChI is InChI=1S/C19H28N4OS2/c1-19(2,16-8-6-12-26-16)14-22-18(21-13-17(24)23(3)4)20-10-9-15-7-5-11-25-15/h5-8,11-12H,9-10,13-14H2,1-4H3,(H2,20,21,22). The van der Waals surface area contributed by atoms with Crippen molar-refractivity contribution in [2.24, 2.45) is 4.99 Å². The van der Waals surface area contributed by atoms with Gasteiger partial charge >= 0.3 is 0 Å². The summed E-state index contributed by atoms with van der Waals surface area (Å²) in [6.07, 6.45) is 0.939. The second kappa shape index (κ2) is 9.73. The first-order chi connectivity index (χ1) is 12.4. The lowest BCUT2D eigenvalue weighted by molar-refractivity contribution is -0.127. The number of nitrogens with zero attached hydrogens (tertiary/aromatic N) is 2. The second-order valence-electron chi connectivity index (χ2n) is 6.92. The lowest BCUT2D eigenvalue weighted by Crippen LogP contribution is -2.44. The smallest absolute Gasteiger partial charge is 0.243 e. The van der Waals surface area contributed by atoms with Crippen LogP contribution >= 0.6 is 22.7 Å². The highest BCUT2D eigenvalue weighted by Crippen LogP contribution is 2.26. The molecule has 0 aliphatic carbocycles. The van der Waals surface area contributed by atoms with Crippen molar-refractivity contribution >= 4 is 34.5 Å². The summed E-state index contributed by atoms with van der Waals surface area (Å²) in [5.41, 5.74) is -0.00404. The molecule has 0 saturated heterocycles. The van der Waals surface area contributed by atoms with Crippen LogP contribution in [0.25, 0.3) is 0 Å². The molecule has 7 heteroatoms. The van der Waals surface area contributed by atoms with Crippen molar-refractivity contribution in [3.63, 3.8) is 0 Å². The Morgan fingerprint density at radius 2 is 1.88 bits per heavy atom. The quantitative estimate of drug-likeness (QED) is 0.536. The second-order valence-corrected chi connectivity index (χ2v) is 8.90. The molecule has 1 amide bonds. The summed E-state index contributed by atoms with van der Waals surface area (Å²) in [4.78, 5) is 20.5. The van der Waals surface area contributed by atoms with E-state index < -0.39 is 0 Å². The Morgan fingerprint density at radius 1 is 1.15 bits per heavy atom. The van der Waals surface area contributed by atoms with E-state index in [1.54, 1.807) is 41.7 Å². The zero-order valence-corrected chi connectivity index (χ0v) is 17.5. The van der Waals surface area contributed by atoms with Gasteiger partial charge in [0.1, 0.15) is 6.54 Å². The fourth-order valence-corrected chi connectivity index (χ4v) is 3.84. The van der Waals surface area contributed by atoms with Crippen LogP contribution in [0.4, 0.5) is 0 Å². The molecule has 0 atom stereocenters. The van der Waals surface area contributed by atoms with Gasteiger partial charge in [0, 0.05) is 42.4 Å². The maximum Gasteiger partial charge on any atom is 0.243 e. The zero-order valence-electron chi connectivity index (χ0n) is 15.9. The number of carbonyl (C=O) groups excluding carboxylic acids is 1. The predicted molar refractivity (Wildman–Crippen MR) is 112 cm³/mol. The molecule has 2 aromatic heterocycles. The highest BCUT2D eigenvalue weighted by molar-refractivity contribution is 7.10. The van der Waals surface area contributed by atoms with Crippen molar-refractivity contribution in [2.75, 3.05) is 33.7 Å². The monoisotopic (exact) mass is 392 g/mol. The van der Waals surface area contributed by atoms with E-state index in [2.05, 4.69) is 64.5 Å². The maximum absolute atomic E-state index is 11.9. The highest BCUT2D eigenvalue weighted by atomic mass is 32.1. The molecule has 0 saturated carbocycles. The number of rotatable bonds is 8. The Hall–Kier alpha value is -1.86. The molecule has 2 N–H and O–H groups in total. The van der Waals surface area contributed by atoms with Crippen LogP contribution in [0, 0.1) is 0 Å². The molecule has 0 unspecified atom stereocenters. The molecule has 0 bridgehead atoms. The van der Waals surface area contributed by atoms with Gasteiger partial charge in [-0.25, -0.2) is 4.99 Å². The summed E-state index contributed by atoms with van der Waals surface area (Å²) in [7, 11) is 3.49. The summed E-state index contributed by atoms with van der Waals surface area (Å²) in [6.45, 7) is 6.08. The van der Waals surface area contributed by atoms with Gasteiger partial charge in [-0.2, -0.15) is 0 Å². The molecule has 2 aromatic rings. The summed E-state index contributed by atoms with van der Waals surface area (Å²) in [6, 6.07) is 8.42. The number of hydrogen-bond acceptors (Lipinski definition) is 4. The van der Waals surface area contributed by atoms with Crippen molar-refractivity contribution in [3.05, 3.63) is 44.8 Å². The van der Waals surface area contributed by atoms with Gasteiger partial charge in [0.05, 0.1) is 0 Å². The number of hydrogen-bond donors (Lipinski definition) is 2. The summed E-state index contributed by atoms with van der Waals surface area (Å²) >= 11 is 3.51. The van der Waals surface area contributed by atoms with Crippen LogP contribution in [0.15, 0.2) is 40.0 Å². The molecule has 0 aliphatic rings. The van der Waals surface area contributed by atoms with E-state index in [1.165, 1.54) is 9.75 Å². The third kappa shape index (κ3) is 6.46. The Labute approximate surface area is 164 Å². The zero-order chi connectivity index (χ0) is 19.0. The Balaban J connectivity index is 1.94. The summed E-state index contributed by atoms with van der Waals surface area (Å²) in [5.74, 6) is 0.670. The normalized spacial score (nSPS) is 12.1. The first-order valence-electron chi connectivity index (χ1n) is 8.67. The molecule has 0 aromatic carbocycles. The lowest BCUT2D eigenvalue weighted by atomic mass is 9.91. The molecule has 0 aliphatic heterocycles. The minimum absolute atomic E-state index is 0.00404. The molecule has 26 heavy (non-hydrogen) atoms. The summed E-state index contributed by atoms with van der Waals surface area (Å²) < 4.78 is 0. The van der Waals surface area contributed by atoms with Crippen LogP contribution in [0.2, 0.25) is 0 Å². The first kappa shape index (κ1) is 20.5. The Bertz CT molecular complexity index is 691. The third-order valence-electron chi connectivity index (χ3n) is 4.00. The number of aliphatic imine (C=N–C) groups is 1. The van der Waals surface area contributed by atoms with E-state index in [1.807, 2.05) is 0 Å². The van der Waals surface area contributed by atoms with E-state index in [9.17, 15) is 4.79 Å². The van der Waals surface area contributed by atoms with E-state index >= 15 is 0 Å². The third-order valence-corrected chi connectivity index (χ3v) is 6.17. The average Bonchev–Trinajstić information content (AvgIpc) is 3.30. The maximum atomic E-state index is 11.9. The molecule has 0 radical (unpaired) electrons. The van der Waals surface area contributed by atoms with Gasteiger partial charge in [0.2, 0.25) is 5.91 Å². The number of likely N-dealkylation sites (N-methyl/N-ethyl adjacent to an activating group) is 1. The van der Waals surface area contributed by atoms with Crippen LogP contribution < -0.4 is 10.6 Å². The van der Waals surface area contributed by atoms with Crippen LogP contribution in [0.5, 0.6) is 0 Å². The van der Waals surface area contributed by atoms with Gasteiger partial charge in [0.15, 0.2) is 5.96 Å². The van der Waals surface area contributed by atoms with Crippen molar-refractivity contribution < 1.29 is 4.79 Å². The topological polar surface area (TPSA) is 56.7 Å². The fraction of sp³-hybridized carbons (Fsp3) is 0.474. The fourth-order valence-electron chi connectivity index (χ4n) is 2.28. The molecule has 2 heterocycles. The van der Waals surface area contributed by atoms with Crippen LogP contribution in [0.1, 0.15) is 23.6 Å². The first-order valence-corrected chi connectivity index (χ1v) is 10.4. The van der Waals surface area contributed by atoms with Gasteiger partial charge in [0.25, 0.3) is 0 Å². The number of carbonyl (C=O) groups is 1. The molecule has 0 fully saturated rings. The highest BCUT2D eigenvalue weighted by Gasteiger charge is 2.22. The van der Waals surface area contributed by atoms with Crippen LogP contribution in [-0.2, 0) is 16.6 Å². The molecular weight excluding hydrogens is 364 g/mol. The van der Waals surface area contributed by atoms with Gasteiger partial charge in [-0.1, -0.05) is 26.0 Å². The van der Waals surface area contributed by atoms with E-state index in [-0.39, 0.29) is 17.9 Å². The summed E-state index contributed by atoms with van der Waals surface area (Å²) in [5, 5.41) is 10.9. The van der Waals surface area contributed by atoms with Gasteiger partial charge in [-0.15, -0.1) is 22.7 Å². The SMILES string of the molecule is CN(C)C(=O)CN=C(NCCc1cccs1)NCC(C)(C)c1cccs1. The molecule has 5 nitrogen and oxygen atoms in total. The van der Waals surface area contributed by atoms with Crippen LogP contribution in [0.3, 0.4) is 0 Å². The van der Waals surface area contributed by atoms with Gasteiger partial charge in [-0.05, 0) is 29.3 Å². The molecule has 0 spiro atoms. The van der Waals surface area contributed by atoms with Crippen LogP contribution in [-0.4, -0.2) is 50.5 Å². The van der Waals surface area contributed by atoms with Gasteiger partial charge in [-0.3, -0.25) is 4.79 Å². The van der Waals surface area contributed by atoms with Crippen molar-refractivity contribution in [2.45, 2.75) is 25.7 Å². The minimum atomic E-state index is -0.0122. The molecule has 2 rings (SSSR count). The van der Waals surface area contributed by atoms with Crippen molar-refractivity contribution in [3.8, 4) is 0 Å². The largest absolute Gasteiger partial charge is 0.356 e. The minimum Gasteiger partial charge on any atom is -0.356 e. The average molecular weight is 393 g/mol. The number of nitrogens with one attached hydrogen (secondary N) is 2. The van der Waals surface area contributed by atoms with E-state index in [4.69, 9.17) is 0 Å². The van der Waals surface area contributed by atoms with Crippen molar-refractivity contribution in [1.29, 1.82) is 0 Å². The predicted octanol–water partition coefficient (Wildman–Crippen LogP) is 2.95. The Kier molecular flexibility index (Phi) is 7.66. The van der Waals surface area contributed by atoms with Gasteiger partial charge < -0.3 is 15.5 Å². The van der Waals surface area contributed by atoms with E-state index in [0.29, 0.717) is 5.96 Å². The lowest BCUT2D eigenvalue weighted by Gasteiger charge is -2.25. The Morgan fingerprint density at radius 3 is 2.50 bits per heavy atom. The molecule has 142 valence electrons. The number of guanidine groups is 1. The number of thiophene rings is 2.